The minimum atomic E-state index is -0.182. The molecule has 2 amide bonds. The first-order valence-corrected chi connectivity index (χ1v) is 5.47. The van der Waals surface area contributed by atoms with E-state index in [-0.39, 0.29) is 18.4 Å². The minimum absolute atomic E-state index is 0.00777. The van der Waals surface area contributed by atoms with E-state index >= 15 is 0 Å². The molecule has 0 radical (unpaired) electrons. The maximum absolute atomic E-state index is 11.5. The van der Waals surface area contributed by atoms with Crippen LogP contribution in [0.4, 0.5) is 5.69 Å². The third-order valence-electron chi connectivity index (χ3n) is 2.90. The Kier molecular flexibility index (Phi) is 3.10. The van der Waals surface area contributed by atoms with Crippen LogP contribution in [0.25, 0.3) is 0 Å². The summed E-state index contributed by atoms with van der Waals surface area (Å²) >= 11 is 0. The molecule has 1 heterocycles. The number of nitrogens with one attached hydrogen (secondary N) is 1. The van der Waals surface area contributed by atoms with Crippen LogP contribution in [-0.2, 0) is 22.6 Å². The molecule has 0 saturated carbocycles. The Balaban J connectivity index is 2.11. The fourth-order valence-corrected chi connectivity index (χ4v) is 1.91. The smallest absolute Gasteiger partial charge is 0.234 e. The lowest BCUT2D eigenvalue weighted by molar-refractivity contribution is -0.120. The summed E-state index contributed by atoms with van der Waals surface area (Å²) in [6.07, 6.45) is 0.435. The lowest BCUT2D eigenvalue weighted by Gasteiger charge is -2.10. The van der Waals surface area contributed by atoms with Gasteiger partial charge in [-0.1, -0.05) is 12.1 Å². The number of carbonyl (C=O) groups excluding carboxylic acids is 2. The second-order valence-electron chi connectivity index (χ2n) is 4.07. The van der Waals surface area contributed by atoms with Crippen LogP contribution in [0.2, 0.25) is 0 Å². The van der Waals surface area contributed by atoms with Gasteiger partial charge in [-0.25, -0.2) is 0 Å². The van der Waals surface area contributed by atoms with Crippen molar-refractivity contribution in [3.63, 3.8) is 0 Å². The Morgan fingerprint density at radius 1 is 1.53 bits per heavy atom. The van der Waals surface area contributed by atoms with Gasteiger partial charge in [0.05, 0.1) is 13.0 Å². The molecule has 0 fully saturated rings. The zero-order chi connectivity index (χ0) is 12.4. The van der Waals surface area contributed by atoms with Crippen molar-refractivity contribution in [2.24, 2.45) is 5.73 Å². The van der Waals surface area contributed by atoms with Gasteiger partial charge in [-0.05, 0) is 17.2 Å². The van der Waals surface area contributed by atoms with Crippen molar-refractivity contribution in [1.82, 2.24) is 5.32 Å². The maximum atomic E-state index is 11.5. The highest BCUT2D eigenvalue weighted by atomic mass is 16.2. The van der Waals surface area contributed by atoms with Gasteiger partial charge in [0.1, 0.15) is 0 Å². The molecule has 1 aliphatic heterocycles. The van der Waals surface area contributed by atoms with E-state index in [0.717, 1.165) is 16.8 Å². The van der Waals surface area contributed by atoms with Crippen LogP contribution in [0.3, 0.4) is 0 Å². The largest absolute Gasteiger partial charge is 0.351 e. The van der Waals surface area contributed by atoms with Crippen molar-refractivity contribution >= 4 is 17.5 Å². The van der Waals surface area contributed by atoms with Crippen LogP contribution in [0.1, 0.15) is 11.1 Å². The van der Waals surface area contributed by atoms with Gasteiger partial charge >= 0.3 is 0 Å². The van der Waals surface area contributed by atoms with Gasteiger partial charge in [0, 0.05) is 19.3 Å². The van der Waals surface area contributed by atoms with Crippen LogP contribution in [0, 0.1) is 0 Å². The minimum Gasteiger partial charge on any atom is -0.351 e. The van der Waals surface area contributed by atoms with Gasteiger partial charge < -0.3 is 16.0 Å². The number of benzene rings is 1. The topological polar surface area (TPSA) is 75.4 Å². The van der Waals surface area contributed by atoms with Crippen molar-refractivity contribution in [1.29, 1.82) is 0 Å². The molecule has 17 heavy (non-hydrogen) atoms. The summed E-state index contributed by atoms with van der Waals surface area (Å²) < 4.78 is 0. The van der Waals surface area contributed by atoms with Crippen molar-refractivity contribution in [3.8, 4) is 0 Å². The van der Waals surface area contributed by atoms with E-state index in [1.165, 1.54) is 0 Å². The van der Waals surface area contributed by atoms with Crippen molar-refractivity contribution < 1.29 is 9.59 Å². The number of hydrogen-bond acceptors (Lipinski definition) is 3. The second kappa shape index (κ2) is 4.55. The molecule has 2 rings (SSSR count). The number of nitrogens with zero attached hydrogens (tertiary/aromatic N) is 1. The number of hydrogen-bond donors (Lipinski definition) is 2. The van der Waals surface area contributed by atoms with E-state index in [1.54, 1.807) is 11.9 Å². The summed E-state index contributed by atoms with van der Waals surface area (Å²) in [5, 5.41) is 2.70. The predicted molar refractivity (Wildman–Crippen MR) is 64.5 cm³/mol. The number of amides is 2. The lowest BCUT2D eigenvalue weighted by Crippen LogP contribution is -2.29. The number of nitrogens with two attached hydrogens (primary N) is 1. The van der Waals surface area contributed by atoms with Gasteiger partial charge in [-0.3, -0.25) is 9.59 Å². The van der Waals surface area contributed by atoms with E-state index in [9.17, 15) is 9.59 Å². The van der Waals surface area contributed by atoms with Gasteiger partial charge in [0.25, 0.3) is 0 Å². The van der Waals surface area contributed by atoms with Crippen LogP contribution in [-0.4, -0.2) is 25.4 Å². The molecule has 0 atom stereocenters. The van der Waals surface area contributed by atoms with E-state index in [1.807, 2.05) is 18.2 Å². The third kappa shape index (κ3) is 2.29. The standard InChI is InChI=1S/C12H15N3O2/c1-15-10-3-2-8(7-14-11(16)6-13)4-9(10)5-12(15)17/h2-4H,5-7,13H2,1H3,(H,14,16). The van der Waals surface area contributed by atoms with Crippen LogP contribution in [0.15, 0.2) is 18.2 Å². The zero-order valence-corrected chi connectivity index (χ0v) is 9.69. The first-order valence-electron chi connectivity index (χ1n) is 5.47. The molecule has 0 bridgehead atoms. The molecule has 0 saturated heterocycles. The normalized spacial score (nSPS) is 13.8. The lowest BCUT2D eigenvalue weighted by atomic mass is 10.1. The Labute approximate surface area is 99.6 Å². The van der Waals surface area contributed by atoms with E-state index in [2.05, 4.69) is 5.32 Å². The number of rotatable bonds is 3. The average molecular weight is 233 g/mol. The Hall–Kier alpha value is -1.88. The van der Waals surface area contributed by atoms with Gasteiger partial charge in [-0.2, -0.15) is 0 Å². The number of likely N-dealkylation sites (N-methyl/N-ethyl adjacent to an activating group) is 1. The molecule has 1 aliphatic rings. The van der Waals surface area contributed by atoms with Crippen molar-refractivity contribution in [2.75, 3.05) is 18.5 Å². The highest BCUT2D eigenvalue weighted by molar-refractivity contribution is 6.00. The van der Waals surface area contributed by atoms with Crippen LogP contribution < -0.4 is 16.0 Å². The van der Waals surface area contributed by atoms with E-state index < -0.39 is 0 Å². The van der Waals surface area contributed by atoms with Gasteiger partial charge in [-0.15, -0.1) is 0 Å². The summed E-state index contributed by atoms with van der Waals surface area (Å²) in [5.74, 6) is -0.0816. The first-order chi connectivity index (χ1) is 8.11. The quantitative estimate of drug-likeness (QED) is 0.758. The van der Waals surface area contributed by atoms with Crippen molar-refractivity contribution in [2.45, 2.75) is 13.0 Å². The first kappa shape index (κ1) is 11.6. The fraction of sp³-hybridized carbons (Fsp3) is 0.333. The molecule has 5 nitrogen and oxygen atoms in total. The highest BCUT2D eigenvalue weighted by Gasteiger charge is 2.23. The molecule has 0 aliphatic carbocycles. The second-order valence-corrected chi connectivity index (χ2v) is 4.07. The Morgan fingerprint density at radius 3 is 3.00 bits per heavy atom. The zero-order valence-electron chi connectivity index (χ0n) is 9.69. The number of fused-ring (bicyclic) bond motifs is 1. The monoisotopic (exact) mass is 233 g/mol. The third-order valence-corrected chi connectivity index (χ3v) is 2.90. The number of anilines is 1. The van der Waals surface area contributed by atoms with Crippen molar-refractivity contribution in [3.05, 3.63) is 29.3 Å². The van der Waals surface area contributed by atoms with Gasteiger partial charge in [0.2, 0.25) is 11.8 Å². The predicted octanol–water partition coefficient (Wildman–Crippen LogP) is -0.220. The molecular weight excluding hydrogens is 218 g/mol. The molecule has 5 heteroatoms. The summed E-state index contributed by atoms with van der Waals surface area (Å²) in [4.78, 5) is 24.2. The Morgan fingerprint density at radius 2 is 2.29 bits per heavy atom. The van der Waals surface area contributed by atoms with Gasteiger partial charge in [0.15, 0.2) is 0 Å². The average Bonchev–Trinajstić information content (AvgIpc) is 2.62. The summed E-state index contributed by atoms with van der Waals surface area (Å²) in [6, 6.07) is 5.77. The SMILES string of the molecule is CN1C(=O)Cc2cc(CNC(=O)CN)ccc21. The van der Waals surface area contributed by atoms with Crippen LogP contribution in [0.5, 0.6) is 0 Å². The highest BCUT2D eigenvalue weighted by Crippen LogP contribution is 2.28. The molecule has 1 aromatic carbocycles. The molecule has 0 unspecified atom stereocenters. The van der Waals surface area contributed by atoms with E-state index in [0.29, 0.717) is 13.0 Å². The number of carbonyl (C=O) groups is 2. The summed E-state index contributed by atoms with van der Waals surface area (Å²) in [6.45, 7) is 0.438. The molecule has 0 aromatic heterocycles. The van der Waals surface area contributed by atoms with Crippen LogP contribution >= 0.6 is 0 Å². The maximum Gasteiger partial charge on any atom is 0.234 e. The summed E-state index contributed by atoms with van der Waals surface area (Å²) in [7, 11) is 1.77. The molecule has 3 N–H and O–H groups in total. The molecule has 90 valence electrons. The molecule has 1 aromatic rings. The van der Waals surface area contributed by atoms with E-state index in [4.69, 9.17) is 5.73 Å². The molecular formula is C12H15N3O2. The fourth-order valence-electron chi connectivity index (χ4n) is 1.91. The summed E-state index contributed by atoms with van der Waals surface area (Å²) in [5.41, 5.74) is 8.14. The molecule has 0 spiro atoms. The Bertz CT molecular complexity index is 471.